The van der Waals surface area contributed by atoms with Crippen molar-refractivity contribution in [2.75, 3.05) is 7.11 Å². The van der Waals surface area contributed by atoms with Crippen LogP contribution in [0.2, 0.25) is 5.15 Å². The molecular weight excluding hydrogens is 466 g/mol. The van der Waals surface area contributed by atoms with Crippen molar-refractivity contribution in [2.45, 2.75) is 81.9 Å². The third-order valence-electron chi connectivity index (χ3n) is 6.21. The fraction of sp³-hybridized carbons (Fsp3) is 0.565. The number of methoxy groups -OCH3 is 1. The van der Waals surface area contributed by atoms with Gasteiger partial charge in [-0.3, -0.25) is 4.79 Å². The van der Waals surface area contributed by atoms with Crippen molar-refractivity contribution in [1.82, 2.24) is 14.3 Å². The van der Waals surface area contributed by atoms with Crippen LogP contribution in [0.5, 0.6) is 0 Å². The Bertz CT molecular complexity index is 1080. The van der Waals surface area contributed by atoms with E-state index in [9.17, 15) is 18.3 Å². The van der Waals surface area contributed by atoms with E-state index < -0.39 is 21.5 Å². The van der Waals surface area contributed by atoms with Crippen molar-refractivity contribution in [3.8, 4) is 0 Å². The Labute approximate surface area is 200 Å². The van der Waals surface area contributed by atoms with E-state index in [2.05, 4.69) is 16.6 Å². The molecule has 0 atom stereocenters. The van der Waals surface area contributed by atoms with E-state index in [1.54, 1.807) is 22.8 Å². The summed E-state index contributed by atoms with van der Waals surface area (Å²) < 4.78 is 36.5. The minimum Gasteiger partial charge on any atom is -0.468 e. The Morgan fingerprint density at radius 1 is 1.27 bits per heavy atom. The monoisotopic (exact) mass is 497 g/mol. The number of aliphatic hydroxyl groups excluding tert-OH is 1. The molecule has 1 aromatic heterocycles. The fourth-order valence-corrected chi connectivity index (χ4v) is 6.35. The molecule has 0 bridgehead atoms. The number of halogens is 1. The maximum absolute atomic E-state index is 13.5. The third-order valence-corrected chi connectivity index (χ3v) is 8.15. The Hall–Kier alpha value is -1.94. The van der Waals surface area contributed by atoms with Crippen LogP contribution in [0.1, 0.15) is 69.0 Å². The number of nitrogens with zero attached hydrogens (tertiary/aromatic N) is 2. The third kappa shape index (κ3) is 5.59. The van der Waals surface area contributed by atoms with Gasteiger partial charge in [0.2, 0.25) is 10.0 Å². The Morgan fingerprint density at radius 2 is 1.97 bits per heavy atom. The van der Waals surface area contributed by atoms with E-state index >= 15 is 0 Å². The molecule has 0 amide bonds. The molecule has 3 rings (SSSR count). The molecule has 0 spiro atoms. The number of imidazole rings is 1. The lowest BCUT2D eigenvalue weighted by Crippen LogP contribution is -2.56. The number of carbonyl (C=O) groups excluding carboxylic acids is 1. The van der Waals surface area contributed by atoms with Crippen LogP contribution in [0, 0.1) is 0 Å². The van der Waals surface area contributed by atoms with Gasteiger partial charge < -0.3 is 14.4 Å². The first-order valence-corrected chi connectivity index (χ1v) is 13.2. The number of hydrogen-bond acceptors (Lipinski definition) is 6. The maximum atomic E-state index is 13.5. The predicted octanol–water partition coefficient (Wildman–Crippen LogP) is 3.57. The number of aliphatic hydroxyl groups is 1. The lowest BCUT2D eigenvalue weighted by molar-refractivity contribution is -0.149. The lowest BCUT2D eigenvalue weighted by Gasteiger charge is -2.35. The van der Waals surface area contributed by atoms with Gasteiger partial charge in [0.05, 0.1) is 30.9 Å². The number of benzene rings is 1. The van der Waals surface area contributed by atoms with Gasteiger partial charge in [0, 0.05) is 6.42 Å². The molecule has 0 aliphatic heterocycles. The molecule has 2 aromatic rings. The summed E-state index contributed by atoms with van der Waals surface area (Å²) in [5, 5.41) is 10.1. The topological polar surface area (TPSA) is 111 Å². The largest absolute Gasteiger partial charge is 0.468 e. The zero-order valence-electron chi connectivity index (χ0n) is 19.1. The van der Waals surface area contributed by atoms with Crippen molar-refractivity contribution in [3.05, 3.63) is 46.5 Å². The summed E-state index contributed by atoms with van der Waals surface area (Å²) in [6, 6.07) is 6.65. The summed E-state index contributed by atoms with van der Waals surface area (Å²) in [6.07, 6.45) is 5.74. The standard InChI is InChI=1S/C23H32ClN3O5S/c1-3-4-12-20-25-21(24)18(16-28)27(20)15-17-10-6-7-11-19(17)33(30,31)26-23(22(29)32-2)13-8-5-9-14-23/h6-7,10-11,26,28H,3-5,8-9,12-16H2,1-2H3. The van der Waals surface area contributed by atoms with Crippen molar-refractivity contribution in [3.63, 3.8) is 0 Å². The first kappa shape index (κ1) is 25.7. The van der Waals surface area contributed by atoms with Crippen LogP contribution in [-0.2, 0) is 39.1 Å². The molecule has 1 fully saturated rings. The van der Waals surface area contributed by atoms with Crippen LogP contribution in [0.4, 0.5) is 0 Å². The molecule has 0 radical (unpaired) electrons. The summed E-state index contributed by atoms with van der Waals surface area (Å²) in [5.41, 5.74) is -0.302. The van der Waals surface area contributed by atoms with E-state index in [-0.39, 0.29) is 23.2 Å². The van der Waals surface area contributed by atoms with Crippen molar-refractivity contribution >= 4 is 27.6 Å². The summed E-state index contributed by atoms with van der Waals surface area (Å²) in [5.74, 6) is 0.137. The van der Waals surface area contributed by atoms with Crippen molar-refractivity contribution in [1.29, 1.82) is 0 Å². The number of carbonyl (C=O) groups is 1. The number of ether oxygens (including phenoxy) is 1. The average molecular weight is 498 g/mol. The average Bonchev–Trinajstić information content (AvgIpc) is 3.11. The van der Waals surface area contributed by atoms with E-state index in [4.69, 9.17) is 16.3 Å². The number of nitrogens with one attached hydrogen (secondary N) is 1. The number of aryl methyl sites for hydroxylation is 1. The maximum Gasteiger partial charge on any atom is 0.327 e. The molecule has 1 aliphatic rings. The Morgan fingerprint density at radius 3 is 2.61 bits per heavy atom. The Balaban J connectivity index is 1.99. The van der Waals surface area contributed by atoms with Gasteiger partial charge in [0.25, 0.3) is 0 Å². The van der Waals surface area contributed by atoms with E-state index in [0.29, 0.717) is 36.3 Å². The highest BCUT2D eigenvalue weighted by Crippen LogP contribution is 2.32. The SMILES string of the molecule is CCCCc1nc(Cl)c(CO)n1Cc1ccccc1S(=O)(=O)NC1(C(=O)OC)CCCCC1. The smallest absolute Gasteiger partial charge is 0.327 e. The van der Waals surface area contributed by atoms with Crippen LogP contribution in [0.3, 0.4) is 0 Å². The van der Waals surface area contributed by atoms with E-state index in [1.165, 1.54) is 13.2 Å². The highest BCUT2D eigenvalue weighted by Gasteiger charge is 2.44. The first-order chi connectivity index (χ1) is 15.8. The second kappa shape index (κ2) is 11.0. The number of esters is 1. The molecule has 0 saturated heterocycles. The molecule has 1 aromatic carbocycles. The second-order valence-corrected chi connectivity index (χ2v) is 10.5. The second-order valence-electron chi connectivity index (χ2n) is 8.46. The van der Waals surface area contributed by atoms with Crippen LogP contribution >= 0.6 is 11.6 Å². The van der Waals surface area contributed by atoms with Gasteiger partial charge in [-0.05, 0) is 30.9 Å². The lowest BCUT2D eigenvalue weighted by atomic mass is 9.83. The summed E-state index contributed by atoms with van der Waals surface area (Å²) in [4.78, 5) is 17.1. The van der Waals surface area contributed by atoms with Crippen LogP contribution in [0.15, 0.2) is 29.2 Å². The quantitative estimate of drug-likeness (QED) is 0.485. The molecule has 10 heteroatoms. The van der Waals surface area contributed by atoms with Gasteiger partial charge >= 0.3 is 5.97 Å². The van der Waals surface area contributed by atoms with Crippen molar-refractivity contribution in [2.24, 2.45) is 0 Å². The molecule has 1 saturated carbocycles. The zero-order chi connectivity index (χ0) is 24.1. The van der Waals surface area contributed by atoms with E-state index in [1.807, 2.05) is 0 Å². The highest BCUT2D eigenvalue weighted by molar-refractivity contribution is 7.89. The summed E-state index contributed by atoms with van der Waals surface area (Å²) in [6.45, 7) is 1.94. The van der Waals surface area contributed by atoms with Gasteiger partial charge in [-0.2, -0.15) is 4.72 Å². The summed E-state index contributed by atoms with van der Waals surface area (Å²) in [7, 11) is -2.77. The van der Waals surface area contributed by atoms with Crippen molar-refractivity contribution < 1.29 is 23.1 Å². The summed E-state index contributed by atoms with van der Waals surface area (Å²) >= 11 is 6.25. The van der Waals surface area contributed by atoms with Gasteiger partial charge in [0.15, 0.2) is 5.15 Å². The fourth-order valence-electron chi connectivity index (χ4n) is 4.45. The molecule has 2 N–H and O–H groups in total. The van der Waals surface area contributed by atoms with Gasteiger partial charge in [0.1, 0.15) is 11.4 Å². The van der Waals surface area contributed by atoms with Crippen LogP contribution in [0.25, 0.3) is 0 Å². The normalized spacial score (nSPS) is 16.0. The minimum absolute atomic E-state index is 0.0778. The first-order valence-electron chi connectivity index (χ1n) is 11.3. The van der Waals surface area contributed by atoms with Crippen LogP contribution in [-0.4, -0.2) is 41.7 Å². The predicted molar refractivity (Wildman–Crippen MR) is 125 cm³/mol. The Kier molecular flexibility index (Phi) is 8.55. The highest BCUT2D eigenvalue weighted by atomic mass is 35.5. The molecule has 33 heavy (non-hydrogen) atoms. The molecule has 182 valence electrons. The number of hydrogen-bond donors (Lipinski definition) is 2. The number of sulfonamides is 1. The molecule has 1 aliphatic carbocycles. The zero-order valence-corrected chi connectivity index (χ0v) is 20.7. The molecule has 8 nitrogen and oxygen atoms in total. The van der Waals surface area contributed by atoms with Gasteiger partial charge in [-0.15, -0.1) is 0 Å². The van der Waals surface area contributed by atoms with E-state index in [0.717, 1.165) is 32.1 Å². The minimum atomic E-state index is -4.05. The molecule has 1 heterocycles. The number of rotatable bonds is 10. The van der Waals surface area contributed by atoms with Crippen LogP contribution < -0.4 is 4.72 Å². The number of unbranched alkanes of at least 4 members (excludes halogenated alkanes) is 1. The van der Waals surface area contributed by atoms with Gasteiger partial charge in [-0.25, -0.2) is 13.4 Å². The molecular formula is C23H32ClN3O5S. The molecule has 0 unspecified atom stereocenters. The van der Waals surface area contributed by atoms with Gasteiger partial charge in [-0.1, -0.05) is 62.4 Å². The number of aromatic nitrogens is 2.